The fourth-order valence-electron chi connectivity index (χ4n) is 1.81. The zero-order valence-electron chi connectivity index (χ0n) is 10.1. The first-order valence-electron chi connectivity index (χ1n) is 5.68. The number of hydrogen-bond donors (Lipinski definition) is 0. The number of methoxy groups -OCH3 is 1. The molecule has 0 aliphatic heterocycles. The molecule has 2 rings (SSSR count). The van der Waals surface area contributed by atoms with Crippen molar-refractivity contribution >= 4 is 6.08 Å². The number of ether oxygens (including phenoxy) is 2. The Hall–Kier alpha value is -1.28. The second-order valence-electron chi connectivity index (χ2n) is 4.50. The molecule has 0 N–H and O–H groups in total. The standard InChI is InChI=1S/C14H18O2/c1-10(2)9-16-14-7-5-11-4-6-12(15-3)8-13(11)14/h4-8,10,14H,9H2,1-3H3. The SMILES string of the molecule is COc1ccc2c(c1)C(OCC(C)C)C=C2. The van der Waals surface area contributed by atoms with Gasteiger partial charge in [-0.3, -0.25) is 0 Å². The molecule has 2 nitrogen and oxygen atoms in total. The van der Waals surface area contributed by atoms with Gasteiger partial charge in [-0.25, -0.2) is 0 Å². The van der Waals surface area contributed by atoms with Gasteiger partial charge in [-0.05, 0) is 29.2 Å². The van der Waals surface area contributed by atoms with Crippen LogP contribution >= 0.6 is 0 Å². The minimum absolute atomic E-state index is 0.0903. The van der Waals surface area contributed by atoms with E-state index in [1.54, 1.807) is 7.11 Å². The fourth-order valence-corrected chi connectivity index (χ4v) is 1.81. The van der Waals surface area contributed by atoms with Gasteiger partial charge in [0.1, 0.15) is 11.9 Å². The van der Waals surface area contributed by atoms with Crippen molar-refractivity contribution in [1.29, 1.82) is 0 Å². The van der Waals surface area contributed by atoms with Gasteiger partial charge in [0.25, 0.3) is 0 Å². The van der Waals surface area contributed by atoms with Crippen LogP contribution in [0.5, 0.6) is 5.75 Å². The number of hydrogen-bond acceptors (Lipinski definition) is 2. The summed E-state index contributed by atoms with van der Waals surface area (Å²) in [7, 11) is 1.69. The van der Waals surface area contributed by atoms with Crippen molar-refractivity contribution in [2.24, 2.45) is 5.92 Å². The molecule has 1 aliphatic carbocycles. The minimum Gasteiger partial charge on any atom is -0.497 e. The number of rotatable bonds is 4. The normalized spacial score (nSPS) is 17.9. The van der Waals surface area contributed by atoms with Crippen LogP contribution in [0.2, 0.25) is 0 Å². The molecule has 0 saturated carbocycles. The van der Waals surface area contributed by atoms with E-state index >= 15 is 0 Å². The quantitative estimate of drug-likeness (QED) is 0.770. The summed E-state index contributed by atoms with van der Waals surface area (Å²) < 4.78 is 11.1. The van der Waals surface area contributed by atoms with E-state index in [9.17, 15) is 0 Å². The van der Waals surface area contributed by atoms with Crippen LogP contribution < -0.4 is 4.74 Å². The van der Waals surface area contributed by atoms with Crippen LogP contribution in [0, 0.1) is 5.92 Å². The van der Waals surface area contributed by atoms with Crippen LogP contribution in [0.15, 0.2) is 24.3 Å². The maximum absolute atomic E-state index is 5.85. The van der Waals surface area contributed by atoms with Gasteiger partial charge in [0.2, 0.25) is 0 Å². The smallest absolute Gasteiger partial charge is 0.119 e. The topological polar surface area (TPSA) is 18.5 Å². The third-order valence-corrected chi connectivity index (χ3v) is 2.66. The molecule has 0 amide bonds. The number of benzene rings is 1. The summed E-state index contributed by atoms with van der Waals surface area (Å²) in [5, 5.41) is 0. The van der Waals surface area contributed by atoms with Gasteiger partial charge in [-0.2, -0.15) is 0 Å². The molecule has 2 heteroatoms. The third-order valence-electron chi connectivity index (χ3n) is 2.66. The molecule has 1 atom stereocenters. The molecule has 1 aromatic carbocycles. The lowest BCUT2D eigenvalue weighted by Gasteiger charge is -2.15. The minimum atomic E-state index is 0.0903. The maximum Gasteiger partial charge on any atom is 0.119 e. The molecule has 16 heavy (non-hydrogen) atoms. The molecule has 0 heterocycles. The van der Waals surface area contributed by atoms with Gasteiger partial charge in [-0.15, -0.1) is 0 Å². The van der Waals surface area contributed by atoms with E-state index in [0.29, 0.717) is 5.92 Å². The molecule has 0 aromatic heterocycles. The zero-order valence-corrected chi connectivity index (χ0v) is 10.1. The van der Waals surface area contributed by atoms with E-state index in [1.807, 2.05) is 6.07 Å². The van der Waals surface area contributed by atoms with Crippen molar-refractivity contribution in [1.82, 2.24) is 0 Å². The Morgan fingerprint density at radius 2 is 2.12 bits per heavy atom. The van der Waals surface area contributed by atoms with E-state index < -0.39 is 0 Å². The van der Waals surface area contributed by atoms with Crippen molar-refractivity contribution in [3.8, 4) is 5.75 Å². The van der Waals surface area contributed by atoms with Gasteiger partial charge < -0.3 is 9.47 Å². The summed E-state index contributed by atoms with van der Waals surface area (Å²) in [4.78, 5) is 0. The van der Waals surface area contributed by atoms with Crippen LogP contribution in [0.4, 0.5) is 0 Å². The lowest BCUT2D eigenvalue weighted by molar-refractivity contribution is 0.0666. The largest absolute Gasteiger partial charge is 0.497 e. The maximum atomic E-state index is 5.85. The second-order valence-corrected chi connectivity index (χ2v) is 4.50. The molecule has 1 aliphatic rings. The van der Waals surface area contributed by atoms with E-state index in [4.69, 9.17) is 9.47 Å². The molecule has 1 unspecified atom stereocenters. The molecule has 0 saturated heterocycles. The number of fused-ring (bicyclic) bond motifs is 1. The average Bonchev–Trinajstić information content (AvgIpc) is 2.68. The predicted octanol–water partition coefficient (Wildman–Crippen LogP) is 3.44. The van der Waals surface area contributed by atoms with Gasteiger partial charge in [-0.1, -0.05) is 32.1 Å². The van der Waals surface area contributed by atoms with Gasteiger partial charge >= 0.3 is 0 Å². The Morgan fingerprint density at radius 1 is 1.31 bits per heavy atom. The van der Waals surface area contributed by atoms with E-state index in [1.165, 1.54) is 11.1 Å². The van der Waals surface area contributed by atoms with Crippen LogP contribution in [0.1, 0.15) is 31.1 Å². The van der Waals surface area contributed by atoms with Crippen LogP contribution in [0.3, 0.4) is 0 Å². The average molecular weight is 218 g/mol. The molecule has 0 fully saturated rings. The first-order valence-corrected chi connectivity index (χ1v) is 5.68. The molecule has 0 radical (unpaired) electrons. The third kappa shape index (κ3) is 2.27. The Bertz CT molecular complexity index is 394. The van der Waals surface area contributed by atoms with Gasteiger partial charge in [0.15, 0.2) is 0 Å². The van der Waals surface area contributed by atoms with Crippen molar-refractivity contribution in [2.75, 3.05) is 13.7 Å². The van der Waals surface area contributed by atoms with Crippen molar-refractivity contribution in [2.45, 2.75) is 20.0 Å². The van der Waals surface area contributed by atoms with Gasteiger partial charge in [0, 0.05) is 0 Å². The first kappa shape index (κ1) is 11.2. The fraction of sp³-hybridized carbons (Fsp3) is 0.429. The molecular weight excluding hydrogens is 200 g/mol. The summed E-state index contributed by atoms with van der Waals surface area (Å²) >= 11 is 0. The highest BCUT2D eigenvalue weighted by Crippen LogP contribution is 2.33. The summed E-state index contributed by atoms with van der Waals surface area (Å²) in [5.41, 5.74) is 2.44. The van der Waals surface area contributed by atoms with Crippen LogP contribution in [-0.4, -0.2) is 13.7 Å². The Balaban J connectivity index is 2.14. The Labute approximate surface area is 96.9 Å². The van der Waals surface area contributed by atoms with E-state index in [0.717, 1.165) is 12.4 Å². The summed E-state index contributed by atoms with van der Waals surface area (Å²) in [6.45, 7) is 5.10. The lowest BCUT2D eigenvalue weighted by atomic mass is 10.1. The van der Waals surface area contributed by atoms with E-state index in [-0.39, 0.29) is 6.10 Å². The van der Waals surface area contributed by atoms with Crippen LogP contribution in [0.25, 0.3) is 6.08 Å². The van der Waals surface area contributed by atoms with E-state index in [2.05, 4.69) is 38.1 Å². The highest BCUT2D eigenvalue weighted by atomic mass is 16.5. The second kappa shape index (κ2) is 4.71. The molecule has 0 bridgehead atoms. The highest BCUT2D eigenvalue weighted by Gasteiger charge is 2.18. The highest BCUT2D eigenvalue weighted by molar-refractivity contribution is 5.62. The van der Waals surface area contributed by atoms with Crippen LogP contribution in [-0.2, 0) is 4.74 Å². The molecular formula is C14H18O2. The Kier molecular flexibility index (Phi) is 3.30. The van der Waals surface area contributed by atoms with Crippen molar-refractivity contribution < 1.29 is 9.47 Å². The molecule has 1 aromatic rings. The Morgan fingerprint density at radius 3 is 2.81 bits per heavy atom. The lowest BCUT2D eigenvalue weighted by Crippen LogP contribution is -2.06. The zero-order chi connectivity index (χ0) is 11.5. The van der Waals surface area contributed by atoms with Gasteiger partial charge in [0.05, 0.1) is 13.7 Å². The summed E-state index contributed by atoms with van der Waals surface area (Å²) in [6.07, 6.45) is 4.30. The monoisotopic (exact) mass is 218 g/mol. The first-order chi connectivity index (χ1) is 7.70. The summed E-state index contributed by atoms with van der Waals surface area (Å²) in [5.74, 6) is 1.45. The predicted molar refractivity (Wildman–Crippen MR) is 65.6 cm³/mol. The molecule has 0 spiro atoms. The van der Waals surface area contributed by atoms with Crippen molar-refractivity contribution in [3.05, 3.63) is 35.4 Å². The molecule has 86 valence electrons. The van der Waals surface area contributed by atoms with Crippen molar-refractivity contribution in [3.63, 3.8) is 0 Å². The summed E-state index contributed by atoms with van der Waals surface area (Å²) in [6, 6.07) is 6.11.